The Labute approximate surface area is 438 Å². The first kappa shape index (κ1) is 67.3. The maximum absolute atomic E-state index is 12.8. The van der Waals surface area contributed by atoms with Crippen LogP contribution in [-0.4, -0.2) is 37.2 Å². The zero-order valence-corrected chi connectivity index (χ0v) is 46.5. The van der Waals surface area contributed by atoms with E-state index in [1.165, 1.54) is 116 Å². The van der Waals surface area contributed by atoms with Gasteiger partial charge in [0.05, 0.1) is 0 Å². The van der Waals surface area contributed by atoms with Gasteiger partial charge in [0.25, 0.3) is 0 Å². The molecule has 0 saturated heterocycles. The van der Waals surface area contributed by atoms with E-state index >= 15 is 0 Å². The van der Waals surface area contributed by atoms with Gasteiger partial charge in [-0.3, -0.25) is 14.4 Å². The van der Waals surface area contributed by atoms with E-state index in [0.717, 1.165) is 122 Å². The molecule has 1 unspecified atom stereocenters. The molecule has 0 N–H and O–H groups in total. The molecule has 0 radical (unpaired) electrons. The number of carbonyl (C=O) groups is 3. The quantitative estimate of drug-likeness (QED) is 0.0261. The Morgan fingerprint density at radius 3 is 0.930 bits per heavy atom. The summed E-state index contributed by atoms with van der Waals surface area (Å²) in [4.78, 5) is 38.1. The van der Waals surface area contributed by atoms with Crippen LogP contribution in [0.15, 0.2) is 97.2 Å². The third-order valence-corrected chi connectivity index (χ3v) is 12.5. The van der Waals surface area contributed by atoms with Crippen LogP contribution in [0.25, 0.3) is 0 Å². The Balaban J connectivity index is 4.22. The molecular weight excluding hydrogens is 877 g/mol. The standard InChI is InChI=1S/C65H110O6/c1-4-7-10-13-16-19-22-24-26-27-28-29-30-31-32-33-34-35-36-37-38-39-40-42-43-46-49-52-55-58-64(67)70-61-62(60-69-63(66)57-54-51-48-45-21-18-15-12-9-6-3)71-65(68)59-56-53-50-47-44-41-25-23-20-17-14-11-8-5-2/h7,10,12,15-16,19,23-26,28-29,31-32,34-35,62H,4-6,8-9,11,13-14,17-18,20-22,27,30,33,36-61H2,1-3H3/b10-7-,15-12-,19-16-,25-23-,26-24-,29-28-,32-31-,35-34-. The van der Waals surface area contributed by atoms with E-state index in [9.17, 15) is 14.4 Å². The highest BCUT2D eigenvalue weighted by Crippen LogP contribution is 2.15. The van der Waals surface area contributed by atoms with Gasteiger partial charge in [-0.05, 0) is 116 Å². The predicted molar refractivity (Wildman–Crippen MR) is 307 cm³/mol. The van der Waals surface area contributed by atoms with Gasteiger partial charge in [-0.25, -0.2) is 0 Å². The summed E-state index contributed by atoms with van der Waals surface area (Å²) in [6, 6.07) is 0. The molecule has 6 nitrogen and oxygen atoms in total. The first-order valence-electron chi connectivity index (χ1n) is 29.7. The predicted octanol–water partition coefficient (Wildman–Crippen LogP) is 20.1. The van der Waals surface area contributed by atoms with Crippen molar-refractivity contribution in [1.29, 1.82) is 0 Å². The minimum absolute atomic E-state index is 0.0851. The van der Waals surface area contributed by atoms with Crippen LogP contribution in [0.3, 0.4) is 0 Å². The molecule has 0 aromatic heterocycles. The number of carbonyl (C=O) groups excluding carboxylic acids is 3. The molecule has 0 fully saturated rings. The molecular formula is C65H110O6. The molecule has 0 aliphatic carbocycles. The first-order chi connectivity index (χ1) is 35.0. The summed E-state index contributed by atoms with van der Waals surface area (Å²) in [5, 5.41) is 0. The number of ether oxygens (including phenoxy) is 3. The average Bonchev–Trinajstić information content (AvgIpc) is 3.37. The number of rotatable bonds is 53. The fourth-order valence-corrected chi connectivity index (χ4v) is 8.09. The molecule has 0 aromatic rings. The molecule has 0 aliphatic rings. The van der Waals surface area contributed by atoms with Gasteiger partial charge >= 0.3 is 17.9 Å². The van der Waals surface area contributed by atoms with Crippen molar-refractivity contribution in [3.05, 3.63) is 97.2 Å². The van der Waals surface area contributed by atoms with E-state index in [2.05, 4.69) is 118 Å². The van der Waals surface area contributed by atoms with Crippen molar-refractivity contribution in [1.82, 2.24) is 0 Å². The SMILES string of the molecule is CC/C=C\C/C=C\C/C=C\C/C=C\C/C=C\C/C=C\CCCCCCCCCCCCC(=O)OCC(COC(=O)CCCCCCC/C=C\CCC)OC(=O)CCCCCCC/C=C\CCCCCCC. The molecule has 0 heterocycles. The van der Waals surface area contributed by atoms with Gasteiger partial charge in [-0.1, -0.05) is 240 Å². The molecule has 71 heavy (non-hydrogen) atoms. The molecule has 0 bridgehead atoms. The number of allylic oxidation sites excluding steroid dienone is 16. The van der Waals surface area contributed by atoms with E-state index in [1.54, 1.807) is 0 Å². The van der Waals surface area contributed by atoms with Gasteiger partial charge in [0.1, 0.15) is 13.2 Å². The lowest BCUT2D eigenvalue weighted by atomic mass is 10.1. The summed E-state index contributed by atoms with van der Waals surface area (Å²) in [5.41, 5.74) is 0. The van der Waals surface area contributed by atoms with Crippen LogP contribution in [-0.2, 0) is 28.6 Å². The second-order valence-electron chi connectivity index (χ2n) is 19.5. The lowest BCUT2D eigenvalue weighted by Gasteiger charge is -2.18. The van der Waals surface area contributed by atoms with Gasteiger partial charge in [0.2, 0.25) is 0 Å². The molecule has 0 rings (SSSR count). The highest BCUT2D eigenvalue weighted by Gasteiger charge is 2.19. The zero-order chi connectivity index (χ0) is 51.4. The van der Waals surface area contributed by atoms with Crippen LogP contribution in [0, 0.1) is 0 Å². The van der Waals surface area contributed by atoms with Crippen LogP contribution in [0.1, 0.15) is 278 Å². The smallest absolute Gasteiger partial charge is 0.306 e. The largest absolute Gasteiger partial charge is 0.462 e. The van der Waals surface area contributed by atoms with Crippen LogP contribution in [0.4, 0.5) is 0 Å². The maximum atomic E-state index is 12.8. The van der Waals surface area contributed by atoms with Gasteiger partial charge in [-0.2, -0.15) is 0 Å². The van der Waals surface area contributed by atoms with Crippen molar-refractivity contribution in [2.45, 2.75) is 284 Å². The summed E-state index contributed by atoms with van der Waals surface area (Å²) in [6.07, 6.45) is 78.4. The second-order valence-corrected chi connectivity index (χ2v) is 19.5. The third kappa shape index (κ3) is 57.1. The highest BCUT2D eigenvalue weighted by molar-refractivity contribution is 5.71. The Bertz CT molecular complexity index is 1410. The normalized spacial score (nSPS) is 12.8. The number of hydrogen-bond acceptors (Lipinski definition) is 6. The van der Waals surface area contributed by atoms with Crippen LogP contribution in [0.5, 0.6) is 0 Å². The minimum Gasteiger partial charge on any atom is -0.462 e. The Morgan fingerprint density at radius 2 is 0.577 bits per heavy atom. The molecule has 0 spiro atoms. The third-order valence-electron chi connectivity index (χ3n) is 12.5. The maximum Gasteiger partial charge on any atom is 0.306 e. The van der Waals surface area contributed by atoms with Gasteiger partial charge in [0, 0.05) is 19.3 Å². The van der Waals surface area contributed by atoms with Crippen LogP contribution >= 0.6 is 0 Å². The fourth-order valence-electron chi connectivity index (χ4n) is 8.09. The number of esters is 3. The van der Waals surface area contributed by atoms with E-state index in [-0.39, 0.29) is 31.1 Å². The summed E-state index contributed by atoms with van der Waals surface area (Å²) >= 11 is 0. The molecule has 406 valence electrons. The lowest BCUT2D eigenvalue weighted by molar-refractivity contribution is -0.167. The lowest BCUT2D eigenvalue weighted by Crippen LogP contribution is -2.30. The second kappa shape index (κ2) is 58.9. The summed E-state index contributed by atoms with van der Waals surface area (Å²) < 4.78 is 16.8. The van der Waals surface area contributed by atoms with Crippen molar-refractivity contribution in [3.63, 3.8) is 0 Å². The number of unbranched alkanes of at least 4 members (excludes halogenated alkanes) is 26. The first-order valence-corrected chi connectivity index (χ1v) is 29.7. The molecule has 0 saturated carbocycles. The molecule has 0 amide bonds. The van der Waals surface area contributed by atoms with Crippen molar-refractivity contribution >= 4 is 17.9 Å². The monoisotopic (exact) mass is 987 g/mol. The summed E-state index contributed by atoms with van der Waals surface area (Å²) in [5.74, 6) is -0.906. The molecule has 1 atom stereocenters. The van der Waals surface area contributed by atoms with Gasteiger partial charge in [0.15, 0.2) is 6.10 Å². The van der Waals surface area contributed by atoms with E-state index < -0.39 is 6.10 Å². The highest BCUT2D eigenvalue weighted by atomic mass is 16.6. The van der Waals surface area contributed by atoms with E-state index in [1.807, 2.05) is 0 Å². The molecule has 6 heteroatoms. The molecule has 0 aliphatic heterocycles. The van der Waals surface area contributed by atoms with Crippen molar-refractivity contribution in [3.8, 4) is 0 Å². The Hall–Kier alpha value is -3.67. The van der Waals surface area contributed by atoms with Crippen molar-refractivity contribution in [2.75, 3.05) is 13.2 Å². The Kier molecular flexibility index (Phi) is 55.9. The van der Waals surface area contributed by atoms with Crippen LogP contribution < -0.4 is 0 Å². The fraction of sp³-hybridized carbons (Fsp3) is 0.708. The summed E-state index contributed by atoms with van der Waals surface area (Å²) in [6.45, 7) is 6.44. The number of hydrogen-bond donors (Lipinski definition) is 0. The minimum atomic E-state index is -0.786. The van der Waals surface area contributed by atoms with Crippen molar-refractivity contribution < 1.29 is 28.6 Å². The Morgan fingerprint density at radius 1 is 0.296 bits per heavy atom. The zero-order valence-electron chi connectivity index (χ0n) is 46.5. The average molecular weight is 988 g/mol. The van der Waals surface area contributed by atoms with Crippen molar-refractivity contribution in [2.24, 2.45) is 0 Å². The van der Waals surface area contributed by atoms with E-state index in [4.69, 9.17) is 14.2 Å². The topological polar surface area (TPSA) is 78.9 Å². The van der Waals surface area contributed by atoms with Crippen LogP contribution in [0.2, 0.25) is 0 Å². The molecule has 0 aromatic carbocycles. The van der Waals surface area contributed by atoms with Gasteiger partial charge in [-0.15, -0.1) is 0 Å². The summed E-state index contributed by atoms with van der Waals surface area (Å²) in [7, 11) is 0. The van der Waals surface area contributed by atoms with E-state index in [0.29, 0.717) is 19.3 Å². The van der Waals surface area contributed by atoms with Gasteiger partial charge < -0.3 is 14.2 Å².